The molecule has 0 amide bonds. The third-order valence-electron chi connectivity index (χ3n) is 3.18. The molecule has 0 heterocycles. The summed E-state index contributed by atoms with van der Waals surface area (Å²) in [5.41, 5.74) is -1.58. The molecule has 1 saturated carbocycles. The first-order valence-electron chi connectivity index (χ1n) is 6.64. The molecule has 2 rings (SSSR count). The van der Waals surface area contributed by atoms with Gasteiger partial charge in [0.2, 0.25) is 0 Å². The van der Waals surface area contributed by atoms with Crippen LogP contribution in [0.5, 0.6) is 0 Å². The number of ether oxygens (including phenoxy) is 1. The van der Waals surface area contributed by atoms with Gasteiger partial charge in [-0.25, -0.2) is 4.79 Å². The number of hydrogen-bond acceptors (Lipinski definition) is 3. The van der Waals surface area contributed by atoms with Crippen molar-refractivity contribution in [3.63, 3.8) is 0 Å². The second kappa shape index (κ2) is 6.34. The largest absolute Gasteiger partial charge is 0.478 e. The van der Waals surface area contributed by atoms with E-state index in [2.05, 4.69) is 5.32 Å². The van der Waals surface area contributed by atoms with Gasteiger partial charge in [-0.3, -0.25) is 0 Å². The number of carboxylic acid groups (broad SMARTS) is 1. The van der Waals surface area contributed by atoms with Crippen LogP contribution in [-0.2, 0) is 10.9 Å². The molecule has 1 aliphatic carbocycles. The lowest BCUT2D eigenvalue weighted by Gasteiger charge is -2.13. The predicted molar refractivity (Wildman–Crippen MR) is 70.4 cm³/mol. The Morgan fingerprint density at radius 2 is 2.10 bits per heavy atom. The summed E-state index contributed by atoms with van der Waals surface area (Å²) in [6.07, 6.45) is -2.30. The minimum absolute atomic E-state index is 0.329. The average molecular weight is 303 g/mol. The smallest absolute Gasteiger partial charge is 0.417 e. The maximum atomic E-state index is 12.7. The van der Waals surface area contributed by atoms with Gasteiger partial charge in [0.25, 0.3) is 0 Å². The van der Waals surface area contributed by atoms with Crippen molar-refractivity contribution in [2.24, 2.45) is 5.92 Å². The van der Waals surface area contributed by atoms with Crippen molar-refractivity contribution < 1.29 is 27.8 Å². The maximum absolute atomic E-state index is 12.7. The minimum atomic E-state index is -4.68. The highest BCUT2D eigenvalue weighted by Crippen LogP contribution is 2.33. The van der Waals surface area contributed by atoms with Crippen LogP contribution in [0.4, 0.5) is 18.9 Å². The summed E-state index contributed by atoms with van der Waals surface area (Å²) < 4.78 is 43.4. The van der Waals surface area contributed by atoms with Gasteiger partial charge >= 0.3 is 12.1 Å². The standard InChI is InChI=1S/C14H16F3NO3/c15-14(16,17)12-4-3-10(7-11(12)13(19)20)18-5-6-21-8-9-1-2-9/h3-4,7,9,18H,1-2,5-6,8H2,(H,19,20). The van der Waals surface area contributed by atoms with Crippen LogP contribution < -0.4 is 5.32 Å². The molecule has 1 aliphatic rings. The maximum Gasteiger partial charge on any atom is 0.417 e. The van der Waals surface area contributed by atoms with Crippen molar-refractivity contribution in [1.82, 2.24) is 0 Å². The Hall–Kier alpha value is -1.76. The van der Waals surface area contributed by atoms with Gasteiger partial charge in [-0.05, 0) is 37.0 Å². The molecule has 0 atom stereocenters. The first kappa shape index (κ1) is 15.6. The lowest BCUT2D eigenvalue weighted by molar-refractivity contribution is -0.138. The van der Waals surface area contributed by atoms with Crippen molar-refractivity contribution in [2.45, 2.75) is 19.0 Å². The number of nitrogens with one attached hydrogen (secondary N) is 1. The normalized spacial score (nSPS) is 15.0. The monoisotopic (exact) mass is 303 g/mol. The quantitative estimate of drug-likeness (QED) is 0.759. The zero-order valence-corrected chi connectivity index (χ0v) is 11.2. The fraction of sp³-hybridized carbons (Fsp3) is 0.500. The zero-order chi connectivity index (χ0) is 15.5. The fourth-order valence-electron chi connectivity index (χ4n) is 1.88. The van der Waals surface area contributed by atoms with Gasteiger partial charge in [0, 0.05) is 18.8 Å². The Labute approximate surface area is 119 Å². The molecule has 1 aromatic rings. The number of rotatable bonds is 7. The number of alkyl halides is 3. The van der Waals surface area contributed by atoms with Crippen LogP contribution in [0.2, 0.25) is 0 Å². The fourth-order valence-corrected chi connectivity index (χ4v) is 1.88. The van der Waals surface area contributed by atoms with E-state index in [4.69, 9.17) is 9.84 Å². The molecule has 7 heteroatoms. The Balaban J connectivity index is 1.93. The van der Waals surface area contributed by atoms with Crippen molar-refractivity contribution in [3.05, 3.63) is 29.3 Å². The third kappa shape index (κ3) is 4.63. The lowest BCUT2D eigenvalue weighted by Crippen LogP contribution is -2.15. The Morgan fingerprint density at radius 1 is 1.38 bits per heavy atom. The number of anilines is 1. The molecular formula is C14H16F3NO3. The Bertz CT molecular complexity index is 513. The summed E-state index contributed by atoms with van der Waals surface area (Å²) in [6, 6.07) is 2.99. The molecule has 21 heavy (non-hydrogen) atoms. The molecule has 4 nitrogen and oxygen atoms in total. The van der Waals surface area contributed by atoms with Gasteiger partial charge in [-0.15, -0.1) is 0 Å². The van der Waals surface area contributed by atoms with E-state index in [1.165, 1.54) is 18.9 Å². The Kier molecular flexibility index (Phi) is 4.72. The van der Waals surface area contributed by atoms with Crippen LogP contribution in [0.15, 0.2) is 18.2 Å². The summed E-state index contributed by atoms with van der Waals surface area (Å²) in [7, 11) is 0. The van der Waals surface area contributed by atoms with E-state index in [-0.39, 0.29) is 0 Å². The van der Waals surface area contributed by atoms with Gasteiger partial charge < -0.3 is 15.2 Å². The summed E-state index contributed by atoms with van der Waals surface area (Å²) in [5.74, 6) is -0.953. The number of benzene rings is 1. The van der Waals surface area contributed by atoms with E-state index < -0.39 is 23.3 Å². The highest BCUT2D eigenvalue weighted by Gasteiger charge is 2.35. The Morgan fingerprint density at radius 3 is 2.67 bits per heavy atom. The van der Waals surface area contributed by atoms with Gasteiger partial charge in [0.05, 0.1) is 17.7 Å². The molecule has 0 saturated heterocycles. The van der Waals surface area contributed by atoms with E-state index >= 15 is 0 Å². The average Bonchev–Trinajstić information content (AvgIpc) is 3.21. The highest BCUT2D eigenvalue weighted by atomic mass is 19.4. The molecule has 0 aromatic heterocycles. The van der Waals surface area contributed by atoms with Crippen LogP contribution in [0.25, 0.3) is 0 Å². The molecule has 0 radical (unpaired) electrons. The number of halogens is 3. The molecule has 0 aliphatic heterocycles. The molecule has 0 unspecified atom stereocenters. The number of hydrogen-bond donors (Lipinski definition) is 2. The zero-order valence-electron chi connectivity index (χ0n) is 11.2. The SMILES string of the molecule is O=C(O)c1cc(NCCOCC2CC2)ccc1C(F)(F)F. The molecular weight excluding hydrogens is 287 g/mol. The van der Waals surface area contributed by atoms with Gasteiger partial charge in [0.1, 0.15) is 0 Å². The van der Waals surface area contributed by atoms with Crippen LogP contribution in [0, 0.1) is 5.92 Å². The minimum Gasteiger partial charge on any atom is -0.478 e. The highest BCUT2D eigenvalue weighted by molar-refractivity contribution is 5.91. The molecule has 0 bridgehead atoms. The molecule has 1 fully saturated rings. The third-order valence-corrected chi connectivity index (χ3v) is 3.18. The van der Waals surface area contributed by atoms with Crippen molar-refractivity contribution >= 4 is 11.7 Å². The van der Waals surface area contributed by atoms with E-state index in [9.17, 15) is 18.0 Å². The number of carboxylic acids is 1. The van der Waals surface area contributed by atoms with Gasteiger partial charge in [-0.2, -0.15) is 13.2 Å². The predicted octanol–water partition coefficient (Wildman–Crippen LogP) is 3.24. The summed E-state index contributed by atoms with van der Waals surface area (Å²) in [6.45, 7) is 1.55. The van der Waals surface area contributed by atoms with Crippen LogP contribution in [0.3, 0.4) is 0 Å². The first-order chi connectivity index (χ1) is 9.88. The lowest BCUT2D eigenvalue weighted by atomic mass is 10.1. The van der Waals surface area contributed by atoms with Gasteiger partial charge in [0.15, 0.2) is 0 Å². The van der Waals surface area contributed by atoms with Crippen molar-refractivity contribution in [2.75, 3.05) is 25.1 Å². The summed E-state index contributed by atoms with van der Waals surface area (Å²) >= 11 is 0. The van der Waals surface area contributed by atoms with E-state index in [0.29, 0.717) is 31.4 Å². The van der Waals surface area contributed by atoms with Crippen LogP contribution >= 0.6 is 0 Å². The van der Waals surface area contributed by atoms with Crippen LogP contribution in [0.1, 0.15) is 28.8 Å². The van der Waals surface area contributed by atoms with Crippen molar-refractivity contribution in [3.8, 4) is 0 Å². The van der Waals surface area contributed by atoms with Gasteiger partial charge in [-0.1, -0.05) is 0 Å². The topological polar surface area (TPSA) is 58.6 Å². The molecule has 1 aromatic carbocycles. The second-order valence-corrected chi connectivity index (χ2v) is 5.01. The summed E-state index contributed by atoms with van der Waals surface area (Å²) in [5, 5.41) is 11.7. The van der Waals surface area contributed by atoms with E-state index in [0.717, 1.165) is 12.1 Å². The molecule has 0 spiro atoms. The number of carbonyl (C=O) groups is 1. The van der Waals surface area contributed by atoms with Crippen molar-refractivity contribution in [1.29, 1.82) is 0 Å². The molecule has 116 valence electrons. The molecule has 2 N–H and O–H groups in total. The summed E-state index contributed by atoms with van der Waals surface area (Å²) in [4.78, 5) is 10.9. The number of aromatic carboxylic acids is 1. The van der Waals surface area contributed by atoms with E-state index in [1.807, 2.05) is 0 Å². The first-order valence-corrected chi connectivity index (χ1v) is 6.64. The van der Waals surface area contributed by atoms with Crippen LogP contribution in [-0.4, -0.2) is 30.8 Å². The second-order valence-electron chi connectivity index (χ2n) is 5.01. The van der Waals surface area contributed by atoms with E-state index in [1.54, 1.807) is 0 Å².